The summed E-state index contributed by atoms with van der Waals surface area (Å²) in [7, 11) is 0. The summed E-state index contributed by atoms with van der Waals surface area (Å²) in [5, 5.41) is 11.1. The monoisotopic (exact) mass is 339 g/mol. The number of thioether (sulfide) groups is 1. The summed E-state index contributed by atoms with van der Waals surface area (Å²) in [6.07, 6.45) is 1.64. The molecule has 0 radical (unpaired) electrons. The van der Waals surface area contributed by atoms with Crippen molar-refractivity contribution in [2.75, 3.05) is 5.75 Å². The second-order valence-electron chi connectivity index (χ2n) is 5.27. The molecule has 0 spiro atoms. The standard InChI is InChI=1S/C18H17N3O2S/c1-13-4-2-3-5-15(13)11-23-16-8-6-14(7-9-16)10-19-21-18-20-17(22)12-24-18/h2-10H,11-12H2,1H3,(H,20,21,22)/b19-10+. The van der Waals surface area contributed by atoms with Crippen LogP contribution in [0.25, 0.3) is 0 Å². The van der Waals surface area contributed by atoms with Gasteiger partial charge < -0.3 is 10.1 Å². The Morgan fingerprint density at radius 2 is 2.00 bits per heavy atom. The van der Waals surface area contributed by atoms with Gasteiger partial charge in [0.05, 0.1) is 12.0 Å². The molecule has 1 fully saturated rings. The number of ether oxygens (including phenoxy) is 1. The third-order valence-electron chi connectivity index (χ3n) is 3.48. The van der Waals surface area contributed by atoms with Crippen LogP contribution in [0.2, 0.25) is 0 Å². The zero-order chi connectivity index (χ0) is 16.8. The van der Waals surface area contributed by atoms with E-state index in [2.05, 4.69) is 34.6 Å². The molecule has 0 aromatic heterocycles. The van der Waals surface area contributed by atoms with Gasteiger partial charge in [-0.3, -0.25) is 4.79 Å². The highest BCUT2D eigenvalue weighted by molar-refractivity contribution is 8.15. The second-order valence-corrected chi connectivity index (χ2v) is 6.23. The Balaban J connectivity index is 1.55. The van der Waals surface area contributed by atoms with Crippen LogP contribution < -0.4 is 10.1 Å². The van der Waals surface area contributed by atoms with Crippen LogP contribution in [0.15, 0.2) is 58.7 Å². The Hall–Kier alpha value is -2.60. The molecule has 0 saturated carbocycles. The highest BCUT2D eigenvalue weighted by atomic mass is 32.2. The fraction of sp³-hybridized carbons (Fsp3) is 0.167. The van der Waals surface area contributed by atoms with Crippen molar-refractivity contribution < 1.29 is 9.53 Å². The third-order valence-corrected chi connectivity index (χ3v) is 4.34. The predicted octanol–water partition coefficient (Wildman–Crippen LogP) is 3.13. The Morgan fingerprint density at radius 3 is 2.71 bits per heavy atom. The molecule has 1 saturated heterocycles. The van der Waals surface area contributed by atoms with Crippen LogP contribution in [0.3, 0.4) is 0 Å². The first-order chi connectivity index (χ1) is 11.7. The van der Waals surface area contributed by atoms with Gasteiger partial charge in [0.15, 0.2) is 5.17 Å². The Kier molecular flexibility index (Phi) is 5.28. The summed E-state index contributed by atoms with van der Waals surface area (Å²) in [5.41, 5.74) is 3.31. The van der Waals surface area contributed by atoms with Crippen LogP contribution in [0.4, 0.5) is 0 Å². The van der Waals surface area contributed by atoms with Gasteiger partial charge in [0.1, 0.15) is 12.4 Å². The van der Waals surface area contributed by atoms with Gasteiger partial charge in [0.2, 0.25) is 5.91 Å². The number of amidine groups is 1. The molecule has 0 aliphatic carbocycles. The van der Waals surface area contributed by atoms with E-state index >= 15 is 0 Å². The lowest BCUT2D eigenvalue weighted by atomic mass is 10.1. The first-order valence-electron chi connectivity index (χ1n) is 7.52. The number of nitrogens with one attached hydrogen (secondary N) is 1. The van der Waals surface area contributed by atoms with Gasteiger partial charge in [-0.2, -0.15) is 5.10 Å². The van der Waals surface area contributed by atoms with Crippen LogP contribution >= 0.6 is 11.8 Å². The number of carbonyl (C=O) groups excluding carboxylic acids is 1. The van der Waals surface area contributed by atoms with E-state index in [9.17, 15) is 4.79 Å². The lowest BCUT2D eigenvalue weighted by molar-refractivity contribution is -0.116. The van der Waals surface area contributed by atoms with Crippen molar-refractivity contribution in [3.63, 3.8) is 0 Å². The minimum absolute atomic E-state index is 0.0379. The summed E-state index contributed by atoms with van der Waals surface area (Å²) >= 11 is 1.35. The smallest absolute Gasteiger partial charge is 0.236 e. The van der Waals surface area contributed by atoms with Gasteiger partial charge in [-0.05, 0) is 47.9 Å². The quantitative estimate of drug-likeness (QED) is 0.672. The van der Waals surface area contributed by atoms with E-state index in [1.807, 2.05) is 36.4 Å². The number of nitrogens with zero attached hydrogens (tertiary/aromatic N) is 2. The lowest BCUT2D eigenvalue weighted by Crippen LogP contribution is -2.19. The number of benzene rings is 2. The third kappa shape index (κ3) is 4.45. The van der Waals surface area contributed by atoms with E-state index in [-0.39, 0.29) is 5.91 Å². The summed E-state index contributed by atoms with van der Waals surface area (Å²) in [5.74, 6) is 1.17. The Bertz CT molecular complexity index is 785. The molecule has 2 aromatic rings. The molecule has 6 heteroatoms. The number of hydrogen-bond donors (Lipinski definition) is 1. The fourth-order valence-electron chi connectivity index (χ4n) is 2.11. The lowest BCUT2D eigenvalue weighted by Gasteiger charge is -2.08. The van der Waals surface area contributed by atoms with E-state index in [4.69, 9.17) is 4.74 Å². The van der Waals surface area contributed by atoms with Gasteiger partial charge in [-0.25, -0.2) is 0 Å². The normalized spacial score (nSPS) is 15.9. The minimum Gasteiger partial charge on any atom is -0.489 e. The zero-order valence-electron chi connectivity index (χ0n) is 13.2. The van der Waals surface area contributed by atoms with Crippen LogP contribution in [-0.2, 0) is 11.4 Å². The van der Waals surface area contributed by atoms with Gasteiger partial charge >= 0.3 is 0 Å². The van der Waals surface area contributed by atoms with Crippen molar-refractivity contribution >= 4 is 29.1 Å². The summed E-state index contributed by atoms with van der Waals surface area (Å²) < 4.78 is 5.80. The second kappa shape index (κ2) is 7.79. The Labute approximate surface area is 144 Å². The maximum Gasteiger partial charge on any atom is 0.236 e. The van der Waals surface area contributed by atoms with Crippen molar-refractivity contribution in [1.29, 1.82) is 0 Å². The molecule has 1 aliphatic rings. The zero-order valence-corrected chi connectivity index (χ0v) is 14.0. The van der Waals surface area contributed by atoms with Crippen LogP contribution in [0.5, 0.6) is 5.75 Å². The first-order valence-corrected chi connectivity index (χ1v) is 8.50. The molecule has 1 amide bonds. The number of amides is 1. The first kappa shape index (κ1) is 16.3. The average molecular weight is 339 g/mol. The van der Waals surface area contributed by atoms with Crippen LogP contribution in [0, 0.1) is 6.92 Å². The van der Waals surface area contributed by atoms with E-state index in [0.717, 1.165) is 11.3 Å². The van der Waals surface area contributed by atoms with Gasteiger partial charge in [0.25, 0.3) is 0 Å². The molecule has 24 heavy (non-hydrogen) atoms. The van der Waals surface area contributed by atoms with Crippen LogP contribution in [-0.4, -0.2) is 23.0 Å². The van der Waals surface area contributed by atoms with E-state index in [1.165, 1.54) is 22.9 Å². The summed E-state index contributed by atoms with van der Waals surface area (Å²) in [6.45, 7) is 2.62. The molecule has 0 bridgehead atoms. The molecule has 1 aliphatic heterocycles. The molecule has 1 heterocycles. The molecule has 122 valence electrons. The Morgan fingerprint density at radius 1 is 1.21 bits per heavy atom. The van der Waals surface area contributed by atoms with Gasteiger partial charge in [-0.15, -0.1) is 5.10 Å². The van der Waals surface area contributed by atoms with Gasteiger partial charge in [-0.1, -0.05) is 36.0 Å². The topological polar surface area (TPSA) is 63.1 Å². The molecule has 3 rings (SSSR count). The fourth-order valence-corrected chi connectivity index (χ4v) is 2.74. The maximum absolute atomic E-state index is 11.0. The number of rotatable bonds is 5. The van der Waals surface area contributed by atoms with Crippen molar-refractivity contribution in [3.8, 4) is 5.75 Å². The maximum atomic E-state index is 11.0. The summed E-state index contributed by atoms with van der Waals surface area (Å²) in [6, 6.07) is 15.8. The van der Waals surface area contributed by atoms with Crippen molar-refractivity contribution in [1.82, 2.24) is 5.32 Å². The molecular weight excluding hydrogens is 322 g/mol. The molecule has 1 N–H and O–H groups in total. The predicted molar refractivity (Wildman–Crippen MR) is 97.6 cm³/mol. The molecular formula is C18H17N3O2S. The molecule has 5 nitrogen and oxygen atoms in total. The van der Waals surface area contributed by atoms with Crippen molar-refractivity contribution in [2.24, 2.45) is 10.2 Å². The number of aryl methyl sites for hydroxylation is 1. The largest absolute Gasteiger partial charge is 0.489 e. The average Bonchev–Trinajstić information content (AvgIpc) is 3.01. The SMILES string of the molecule is Cc1ccccc1COc1ccc(/C=N/N=C2/NC(=O)CS2)cc1. The van der Waals surface area contributed by atoms with Crippen LogP contribution in [0.1, 0.15) is 16.7 Å². The van der Waals surface area contributed by atoms with E-state index in [0.29, 0.717) is 17.5 Å². The summed E-state index contributed by atoms with van der Waals surface area (Å²) in [4.78, 5) is 11.0. The number of hydrogen-bond acceptors (Lipinski definition) is 5. The van der Waals surface area contributed by atoms with Gasteiger partial charge in [0, 0.05) is 0 Å². The van der Waals surface area contributed by atoms with Crippen molar-refractivity contribution in [3.05, 3.63) is 65.2 Å². The number of carbonyl (C=O) groups is 1. The molecule has 0 atom stereocenters. The van der Waals surface area contributed by atoms with E-state index < -0.39 is 0 Å². The minimum atomic E-state index is -0.0379. The highest BCUT2D eigenvalue weighted by Crippen LogP contribution is 2.15. The molecule has 2 aromatic carbocycles. The highest BCUT2D eigenvalue weighted by Gasteiger charge is 2.15. The van der Waals surface area contributed by atoms with E-state index in [1.54, 1.807) is 6.21 Å². The van der Waals surface area contributed by atoms with Crippen molar-refractivity contribution in [2.45, 2.75) is 13.5 Å². The molecule has 0 unspecified atom stereocenters.